The minimum Gasteiger partial charge on any atom is -0.493 e. The van der Waals surface area contributed by atoms with E-state index in [0.29, 0.717) is 17.9 Å². The molecule has 132 valence electrons. The van der Waals surface area contributed by atoms with E-state index >= 15 is 0 Å². The minimum atomic E-state index is 0.0199. The van der Waals surface area contributed by atoms with Gasteiger partial charge in [0, 0.05) is 40.6 Å². The van der Waals surface area contributed by atoms with Crippen molar-refractivity contribution in [2.24, 2.45) is 0 Å². The van der Waals surface area contributed by atoms with E-state index in [0.717, 1.165) is 27.3 Å². The van der Waals surface area contributed by atoms with Gasteiger partial charge in [-0.05, 0) is 29.3 Å². The molecule has 2 aromatic heterocycles. The summed E-state index contributed by atoms with van der Waals surface area (Å²) >= 11 is 1.66. The molecule has 26 heavy (non-hydrogen) atoms. The summed E-state index contributed by atoms with van der Waals surface area (Å²) in [6.45, 7) is 0. The standard InChI is InChI=1S/C20H18N2O3S/c1-24-16-6-5-12(8-17(16)25-2)15-11-26-20-14(9-18(23)22-19(15)20)13-4-3-7-21-10-13/h3-8,10-11,14H,9H2,1-2H3,(H,22,23)/t14-/m1/s1. The summed E-state index contributed by atoms with van der Waals surface area (Å²) in [5.74, 6) is 1.39. The first-order valence-electron chi connectivity index (χ1n) is 8.24. The molecule has 3 heterocycles. The number of nitrogens with one attached hydrogen (secondary N) is 1. The van der Waals surface area contributed by atoms with E-state index in [1.165, 1.54) is 0 Å². The zero-order chi connectivity index (χ0) is 18.1. The maximum absolute atomic E-state index is 12.3. The molecular weight excluding hydrogens is 348 g/mol. The molecule has 1 atom stereocenters. The molecule has 1 aromatic carbocycles. The van der Waals surface area contributed by atoms with Gasteiger partial charge in [-0.2, -0.15) is 0 Å². The van der Waals surface area contributed by atoms with Crippen LogP contribution >= 0.6 is 11.3 Å². The first-order valence-corrected chi connectivity index (χ1v) is 9.12. The summed E-state index contributed by atoms with van der Waals surface area (Å²) in [6, 6.07) is 9.71. The maximum Gasteiger partial charge on any atom is 0.225 e. The first kappa shape index (κ1) is 16.6. The van der Waals surface area contributed by atoms with Gasteiger partial charge in [0.05, 0.1) is 19.9 Å². The lowest BCUT2D eigenvalue weighted by atomic mass is 9.90. The number of anilines is 1. The van der Waals surface area contributed by atoms with E-state index in [-0.39, 0.29) is 11.8 Å². The number of carbonyl (C=O) groups is 1. The number of pyridine rings is 1. The Bertz CT molecular complexity index is 953. The van der Waals surface area contributed by atoms with Gasteiger partial charge in [-0.3, -0.25) is 9.78 Å². The largest absolute Gasteiger partial charge is 0.493 e. The van der Waals surface area contributed by atoms with Gasteiger partial charge in [0.25, 0.3) is 0 Å². The molecule has 1 N–H and O–H groups in total. The molecule has 1 amide bonds. The van der Waals surface area contributed by atoms with Crippen molar-refractivity contribution in [1.29, 1.82) is 0 Å². The van der Waals surface area contributed by atoms with E-state index in [4.69, 9.17) is 9.47 Å². The van der Waals surface area contributed by atoms with Crippen LogP contribution in [0.5, 0.6) is 11.5 Å². The summed E-state index contributed by atoms with van der Waals surface area (Å²) in [5, 5.41) is 5.14. The van der Waals surface area contributed by atoms with Crippen LogP contribution in [0.4, 0.5) is 5.69 Å². The lowest BCUT2D eigenvalue weighted by molar-refractivity contribution is -0.116. The van der Waals surface area contributed by atoms with Crippen LogP contribution in [0.1, 0.15) is 22.8 Å². The van der Waals surface area contributed by atoms with Crippen LogP contribution in [0.15, 0.2) is 48.1 Å². The molecule has 5 nitrogen and oxygen atoms in total. The maximum atomic E-state index is 12.3. The third-order valence-corrected chi connectivity index (χ3v) is 5.67. The number of aromatic nitrogens is 1. The summed E-state index contributed by atoms with van der Waals surface area (Å²) in [6.07, 6.45) is 4.02. The van der Waals surface area contributed by atoms with E-state index in [1.54, 1.807) is 31.8 Å². The average Bonchev–Trinajstić information content (AvgIpc) is 3.11. The molecule has 0 radical (unpaired) electrons. The molecule has 0 spiro atoms. The highest BCUT2D eigenvalue weighted by atomic mass is 32.1. The molecular formula is C20H18N2O3S. The van der Waals surface area contributed by atoms with Crippen LogP contribution in [0, 0.1) is 0 Å². The van der Waals surface area contributed by atoms with Crippen molar-refractivity contribution < 1.29 is 14.3 Å². The predicted molar refractivity (Wildman–Crippen MR) is 102 cm³/mol. The van der Waals surface area contributed by atoms with E-state index < -0.39 is 0 Å². The van der Waals surface area contributed by atoms with Crippen molar-refractivity contribution in [2.75, 3.05) is 19.5 Å². The van der Waals surface area contributed by atoms with Crippen molar-refractivity contribution in [3.8, 4) is 22.6 Å². The van der Waals surface area contributed by atoms with E-state index in [1.807, 2.05) is 36.5 Å². The van der Waals surface area contributed by atoms with Gasteiger partial charge in [-0.1, -0.05) is 12.1 Å². The van der Waals surface area contributed by atoms with Crippen molar-refractivity contribution in [3.05, 3.63) is 58.5 Å². The van der Waals surface area contributed by atoms with Gasteiger partial charge in [0.2, 0.25) is 5.91 Å². The number of fused-ring (bicyclic) bond motifs is 1. The molecule has 6 heteroatoms. The SMILES string of the molecule is COc1ccc(-c2csc3c2NC(=O)C[C@@H]3c2cccnc2)cc1OC. The Labute approximate surface area is 155 Å². The highest BCUT2D eigenvalue weighted by molar-refractivity contribution is 7.11. The number of benzene rings is 1. The second kappa shape index (κ2) is 6.80. The Morgan fingerprint density at radius 2 is 2.04 bits per heavy atom. The van der Waals surface area contributed by atoms with Crippen LogP contribution in [0.25, 0.3) is 11.1 Å². The summed E-state index contributed by atoms with van der Waals surface area (Å²) < 4.78 is 10.7. The first-order chi connectivity index (χ1) is 12.7. The molecule has 0 fully saturated rings. The number of nitrogens with zero attached hydrogens (tertiary/aromatic N) is 1. The number of thiophene rings is 1. The van der Waals surface area contributed by atoms with Crippen LogP contribution < -0.4 is 14.8 Å². The Morgan fingerprint density at radius 3 is 2.77 bits per heavy atom. The number of carbonyl (C=O) groups excluding carboxylic acids is 1. The molecule has 1 aliphatic rings. The van der Waals surface area contributed by atoms with Gasteiger partial charge in [-0.25, -0.2) is 0 Å². The monoisotopic (exact) mass is 366 g/mol. The van der Waals surface area contributed by atoms with E-state index in [2.05, 4.69) is 15.7 Å². The predicted octanol–water partition coefficient (Wildman–Crippen LogP) is 4.30. The van der Waals surface area contributed by atoms with Gasteiger partial charge in [0.1, 0.15) is 0 Å². The molecule has 1 aliphatic heterocycles. The zero-order valence-corrected chi connectivity index (χ0v) is 15.3. The van der Waals surface area contributed by atoms with Gasteiger partial charge >= 0.3 is 0 Å². The molecule has 0 saturated carbocycles. The molecule has 4 rings (SSSR count). The fraction of sp³-hybridized carbons (Fsp3) is 0.200. The van der Waals surface area contributed by atoms with Crippen molar-refractivity contribution in [2.45, 2.75) is 12.3 Å². The van der Waals surface area contributed by atoms with Gasteiger partial charge in [-0.15, -0.1) is 11.3 Å². The number of methoxy groups -OCH3 is 2. The average molecular weight is 366 g/mol. The van der Waals surface area contributed by atoms with Crippen LogP contribution in [-0.4, -0.2) is 25.1 Å². The molecule has 0 unspecified atom stereocenters. The highest BCUT2D eigenvalue weighted by Gasteiger charge is 2.30. The minimum absolute atomic E-state index is 0.0199. The summed E-state index contributed by atoms with van der Waals surface area (Å²) in [4.78, 5) is 17.7. The lowest BCUT2D eigenvalue weighted by Gasteiger charge is -2.23. The second-order valence-corrected chi connectivity index (χ2v) is 6.96. The highest BCUT2D eigenvalue weighted by Crippen LogP contribution is 2.47. The fourth-order valence-corrected chi connectivity index (χ4v) is 4.46. The van der Waals surface area contributed by atoms with Crippen molar-refractivity contribution in [3.63, 3.8) is 0 Å². The third kappa shape index (κ3) is 2.82. The van der Waals surface area contributed by atoms with Crippen LogP contribution in [-0.2, 0) is 4.79 Å². The lowest BCUT2D eigenvalue weighted by Crippen LogP contribution is -2.22. The molecule has 3 aromatic rings. The summed E-state index contributed by atoms with van der Waals surface area (Å²) in [5.41, 5.74) is 3.91. The Morgan fingerprint density at radius 1 is 1.19 bits per heavy atom. The Kier molecular flexibility index (Phi) is 4.34. The van der Waals surface area contributed by atoms with Crippen LogP contribution in [0.2, 0.25) is 0 Å². The number of rotatable bonds is 4. The summed E-state index contributed by atoms with van der Waals surface area (Å²) in [7, 11) is 3.23. The molecule has 0 saturated heterocycles. The van der Waals surface area contributed by atoms with E-state index in [9.17, 15) is 4.79 Å². The van der Waals surface area contributed by atoms with Crippen LogP contribution in [0.3, 0.4) is 0 Å². The number of ether oxygens (including phenoxy) is 2. The number of hydrogen-bond acceptors (Lipinski definition) is 5. The molecule has 0 aliphatic carbocycles. The second-order valence-electron chi connectivity index (χ2n) is 6.05. The number of amides is 1. The smallest absolute Gasteiger partial charge is 0.225 e. The molecule has 0 bridgehead atoms. The van der Waals surface area contributed by atoms with Crippen molar-refractivity contribution >= 4 is 22.9 Å². The number of hydrogen-bond donors (Lipinski definition) is 1. The third-order valence-electron chi connectivity index (χ3n) is 4.57. The topological polar surface area (TPSA) is 60.5 Å². The quantitative estimate of drug-likeness (QED) is 0.748. The Balaban J connectivity index is 1.80. The van der Waals surface area contributed by atoms with Gasteiger partial charge < -0.3 is 14.8 Å². The van der Waals surface area contributed by atoms with Gasteiger partial charge in [0.15, 0.2) is 11.5 Å². The zero-order valence-electron chi connectivity index (χ0n) is 14.5. The van der Waals surface area contributed by atoms with Crippen molar-refractivity contribution in [1.82, 2.24) is 4.98 Å². The fourth-order valence-electron chi connectivity index (χ4n) is 3.29. The normalized spacial score (nSPS) is 15.9. The Hall–Kier alpha value is -2.86.